The predicted molar refractivity (Wildman–Crippen MR) is 118 cm³/mol. The average Bonchev–Trinajstić information content (AvgIpc) is 3.40. The van der Waals surface area contributed by atoms with Crippen LogP contribution < -0.4 is 4.90 Å². The maximum Gasteiger partial charge on any atom is 0.225 e. The highest BCUT2D eigenvalue weighted by Gasteiger charge is 2.30. The van der Waals surface area contributed by atoms with Crippen LogP contribution >= 0.6 is 0 Å². The molecular weight excluding hydrogens is 376 g/mol. The zero-order valence-corrected chi connectivity index (χ0v) is 17.8. The van der Waals surface area contributed by atoms with Crippen LogP contribution in [0, 0.1) is 11.8 Å². The monoisotopic (exact) mass is 406 g/mol. The van der Waals surface area contributed by atoms with Crippen LogP contribution in [0.1, 0.15) is 32.6 Å². The molecule has 158 valence electrons. The molecule has 2 aliphatic rings. The average molecular weight is 407 g/mol. The number of nitrogens with one attached hydrogen (secondary N) is 1. The molecule has 7 nitrogen and oxygen atoms in total. The summed E-state index contributed by atoms with van der Waals surface area (Å²) >= 11 is 0. The standard InChI is InChI=1S/C23H30N6O/c1-16-3-5-17(6-4-16)23(30)29-11-9-28(10-12-29)21-7-8-24-22-19(21)13-20(26-22)18-14-25-27(2)15-18/h7-8,13-17H,3-6,9-12H2,1-2H3,(H,24,26)/t16-,17-. The van der Waals surface area contributed by atoms with Crippen LogP contribution in [0.15, 0.2) is 30.7 Å². The molecule has 0 radical (unpaired) electrons. The van der Waals surface area contributed by atoms with E-state index in [1.807, 2.05) is 25.6 Å². The Morgan fingerprint density at radius 1 is 1.13 bits per heavy atom. The van der Waals surface area contributed by atoms with Crippen molar-refractivity contribution in [2.75, 3.05) is 31.1 Å². The lowest BCUT2D eigenvalue weighted by atomic mass is 9.82. The van der Waals surface area contributed by atoms with Gasteiger partial charge in [-0.05, 0) is 43.7 Å². The van der Waals surface area contributed by atoms with E-state index in [0.29, 0.717) is 5.91 Å². The number of carbonyl (C=O) groups is 1. The van der Waals surface area contributed by atoms with E-state index < -0.39 is 0 Å². The van der Waals surface area contributed by atoms with E-state index in [1.54, 1.807) is 4.68 Å². The molecule has 3 aromatic heterocycles. The Bertz CT molecular complexity index is 1040. The van der Waals surface area contributed by atoms with Crippen molar-refractivity contribution >= 4 is 22.6 Å². The van der Waals surface area contributed by atoms with Gasteiger partial charge in [0.05, 0.1) is 11.9 Å². The largest absolute Gasteiger partial charge is 0.367 e. The molecule has 1 aliphatic carbocycles. The minimum Gasteiger partial charge on any atom is -0.367 e. The Kier molecular flexibility index (Phi) is 4.97. The van der Waals surface area contributed by atoms with Crippen molar-refractivity contribution in [2.45, 2.75) is 32.6 Å². The van der Waals surface area contributed by atoms with Gasteiger partial charge in [0, 0.05) is 68.2 Å². The second-order valence-corrected chi connectivity index (χ2v) is 8.95. The molecule has 0 unspecified atom stereocenters. The Morgan fingerprint density at radius 2 is 1.90 bits per heavy atom. The Balaban J connectivity index is 1.30. The number of pyridine rings is 1. The van der Waals surface area contributed by atoms with Gasteiger partial charge in [0.15, 0.2) is 0 Å². The number of amides is 1. The van der Waals surface area contributed by atoms with E-state index in [2.05, 4.69) is 43.9 Å². The maximum atomic E-state index is 13.0. The second-order valence-electron chi connectivity index (χ2n) is 8.95. The van der Waals surface area contributed by atoms with Gasteiger partial charge in [-0.2, -0.15) is 5.10 Å². The van der Waals surface area contributed by atoms with Gasteiger partial charge in [-0.15, -0.1) is 0 Å². The van der Waals surface area contributed by atoms with Gasteiger partial charge in [0.1, 0.15) is 5.65 Å². The highest BCUT2D eigenvalue weighted by molar-refractivity contribution is 5.93. The van der Waals surface area contributed by atoms with Crippen LogP contribution in [0.2, 0.25) is 0 Å². The molecule has 4 heterocycles. The van der Waals surface area contributed by atoms with E-state index in [1.165, 1.54) is 18.5 Å². The zero-order chi connectivity index (χ0) is 20.7. The summed E-state index contributed by atoms with van der Waals surface area (Å²) in [4.78, 5) is 25.4. The lowest BCUT2D eigenvalue weighted by molar-refractivity contribution is -0.137. The first kappa shape index (κ1) is 19.2. The maximum absolute atomic E-state index is 13.0. The van der Waals surface area contributed by atoms with Gasteiger partial charge in [-0.1, -0.05) is 6.92 Å². The number of hydrogen-bond donors (Lipinski definition) is 1. The van der Waals surface area contributed by atoms with E-state index in [-0.39, 0.29) is 5.92 Å². The fourth-order valence-electron chi connectivity index (χ4n) is 4.94. The van der Waals surface area contributed by atoms with Gasteiger partial charge >= 0.3 is 0 Å². The lowest BCUT2D eigenvalue weighted by Crippen LogP contribution is -2.50. The third kappa shape index (κ3) is 3.57. The first-order valence-electron chi connectivity index (χ1n) is 11.1. The molecule has 1 amide bonds. The number of anilines is 1. The lowest BCUT2D eigenvalue weighted by Gasteiger charge is -2.38. The van der Waals surface area contributed by atoms with Crippen LogP contribution in [-0.4, -0.2) is 56.7 Å². The molecule has 30 heavy (non-hydrogen) atoms. The summed E-state index contributed by atoms with van der Waals surface area (Å²) in [6.07, 6.45) is 10.2. The Morgan fingerprint density at radius 3 is 2.60 bits per heavy atom. The highest BCUT2D eigenvalue weighted by Crippen LogP contribution is 2.32. The zero-order valence-electron chi connectivity index (χ0n) is 17.8. The van der Waals surface area contributed by atoms with Crippen LogP contribution in [0.25, 0.3) is 22.3 Å². The van der Waals surface area contributed by atoms with Crippen LogP contribution in [0.4, 0.5) is 5.69 Å². The minimum absolute atomic E-state index is 0.243. The smallest absolute Gasteiger partial charge is 0.225 e. The summed E-state index contributed by atoms with van der Waals surface area (Å²) < 4.78 is 1.80. The van der Waals surface area contributed by atoms with Crippen molar-refractivity contribution in [3.8, 4) is 11.3 Å². The molecule has 1 saturated carbocycles. The SMILES string of the molecule is Cn1cc(-c2cc3c(N4CCN(C(=O)[C@H]5CC[C@H](C)CC5)CC4)ccnc3[nH]2)cn1. The Labute approximate surface area is 177 Å². The molecule has 5 rings (SSSR count). The van der Waals surface area contributed by atoms with Gasteiger partial charge in [0.2, 0.25) is 5.91 Å². The summed E-state index contributed by atoms with van der Waals surface area (Å²) in [6.45, 7) is 5.63. The molecule has 7 heteroatoms. The number of aromatic nitrogens is 4. The third-order valence-electron chi connectivity index (χ3n) is 6.82. The van der Waals surface area contributed by atoms with Crippen molar-refractivity contribution in [3.63, 3.8) is 0 Å². The third-order valence-corrected chi connectivity index (χ3v) is 6.82. The first-order valence-corrected chi connectivity index (χ1v) is 11.1. The molecule has 1 saturated heterocycles. The molecule has 0 spiro atoms. The molecule has 0 aromatic carbocycles. The summed E-state index contributed by atoms with van der Waals surface area (Å²) in [6, 6.07) is 4.25. The van der Waals surface area contributed by atoms with Crippen LogP contribution in [0.5, 0.6) is 0 Å². The first-order chi connectivity index (χ1) is 14.6. The van der Waals surface area contributed by atoms with Crippen molar-refractivity contribution in [1.82, 2.24) is 24.6 Å². The van der Waals surface area contributed by atoms with Crippen LogP contribution in [-0.2, 0) is 11.8 Å². The number of hydrogen-bond acceptors (Lipinski definition) is 4. The van der Waals surface area contributed by atoms with E-state index >= 15 is 0 Å². The second kappa shape index (κ2) is 7.78. The normalized spacial score (nSPS) is 22.6. The topological polar surface area (TPSA) is 70.1 Å². The Hall–Kier alpha value is -2.83. The summed E-state index contributed by atoms with van der Waals surface area (Å²) in [5.74, 6) is 1.40. The number of aromatic amines is 1. The number of fused-ring (bicyclic) bond motifs is 1. The number of piperazine rings is 1. The van der Waals surface area contributed by atoms with E-state index in [0.717, 1.165) is 67.2 Å². The summed E-state index contributed by atoms with van der Waals surface area (Å²) in [5, 5.41) is 5.39. The molecule has 2 fully saturated rings. The van der Waals surface area contributed by atoms with Gasteiger partial charge in [0.25, 0.3) is 0 Å². The molecule has 1 N–H and O–H groups in total. The van der Waals surface area contributed by atoms with Crippen LogP contribution in [0.3, 0.4) is 0 Å². The number of rotatable bonds is 3. The highest BCUT2D eigenvalue weighted by atomic mass is 16.2. The fourth-order valence-corrected chi connectivity index (χ4v) is 4.94. The predicted octanol–water partition coefficient (Wildman–Crippen LogP) is 3.44. The molecule has 1 aliphatic heterocycles. The van der Waals surface area contributed by atoms with Gasteiger partial charge in [-0.3, -0.25) is 9.48 Å². The van der Waals surface area contributed by atoms with Crippen molar-refractivity contribution in [1.29, 1.82) is 0 Å². The number of nitrogens with zero attached hydrogens (tertiary/aromatic N) is 5. The number of H-pyrrole nitrogens is 1. The van der Waals surface area contributed by atoms with Crippen molar-refractivity contribution in [2.24, 2.45) is 18.9 Å². The summed E-state index contributed by atoms with van der Waals surface area (Å²) in [5.41, 5.74) is 4.16. The van der Waals surface area contributed by atoms with E-state index in [9.17, 15) is 4.79 Å². The number of aryl methyl sites for hydroxylation is 1. The molecular formula is C23H30N6O. The van der Waals surface area contributed by atoms with Crippen molar-refractivity contribution < 1.29 is 4.79 Å². The molecule has 0 atom stereocenters. The quantitative estimate of drug-likeness (QED) is 0.723. The number of carbonyl (C=O) groups excluding carboxylic acids is 1. The minimum atomic E-state index is 0.243. The van der Waals surface area contributed by atoms with Gasteiger partial charge in [-0.25, -0.2) is 4.98 Å². The van der Waals surface area contributed by atoms with Crippen molar-refractivity contribution in [3.05, 3.63) is 30.7 Å². The molecule has 0 bridgehead atoms. The van der Waals surface area contributed by atoms with E-state index in [4.69, 9.17) is 0 Å². The summed E-state index contributed by atoms with van der Waals surface area (Å²) in [7, 11) is 1.92. The molecule has 3 aromatic rings. The van der Waals surface area contributed by atoms with Gasteiger partial charge < -0.3 is 14.8 Å². The fraction of sp³-hybridized carbons (Fsp3) is 0.522.